The van der Waals surface area contributed by atoms with Gasteiger partial charge in [-0.3, -0.25) is 0 Å². The number of hydrogen-bond acceptors (Lipinski definition) is 5. The molecule has 1 aliphatic heterocycles. The third kappa shape index (κ3) is 2.36. The fourth-order valence-corrected chi connectivity index (χ4v) is 3.85. The van der Waals surface area contributed by atoms with E-state index in [1.165, 1.54) is 11.1 Å². The summed E-state index contributed by atoms with van der Waals surface area (Å²) in [5, 5.41) is 3.34. The number of thiophene rings is 1. The molecule has 0 N–H and O–H groups in total. The third-order valence-corrected chi connectivity index (χ3v) is 4.86. The molecule has 0 spiro atoms. The lowest BCUT2D eigenvalue weighted by Gasteiger charge is -2.32. The van der Waals surface area contributed by atoms with E-state index in [2.05, 4.69) is 51.4 Å². The number of nitrogens with zero attached hydrogens (tertiary/aromatic N) is 3. The van der Waals surface area contributed by atoms with Gasteiger partial charge in [-0.05, 0) is 12.5 Å². The van der Waals surface area contributed by atoms with Crippen molar-refractivity contribution < 1.29 is 4.74 Å². The molecule has 1 unspecified atom stereocenters. The first kappa shape index (κ1) is 13.7. The lowest BCUT2D eigenvalue weighted by Crippen LogP contribution is -2.41. The maximum atomic E-state index is 5.66. The molecular formula is C17H17N3OS. The molecule has 3 aromatic rings. The van der Waals surface area contributed by atoms with Crippen molar-refractivity contribution in [2.45, 2.75) is 13.0 Å². The van der Waals surface area contributed by atoms with E-state index in [1.54, 1.807) is 17.7 Å². The van der Waals surface area contributed by atoms with Crippen LogP contribution in [-0.2, 0) is 4.74 Å². The molecule has 1 aliphatic rings. The highest BCUT2D eigenvalue weighted by Crippen LogP contribution is 2.38. The second kappa shape index (κ2) is 5.66. The molecule has 4 rings (SSSR count). The van der Waals surface area contributed by atoms with Gasteiger partial charge in [0.2, 0.25) is 0 Å². The molecular weight excluding hydrogens is 294 g/mol. The third-order valence-electron chi connectivity index (χ3n) is 3.98. The summed E-state index contributed by atoms with van der Waals surface area (Å²) in [7, 11) is 0. The zero-order valence-corrected chi connectivity index (χ0v) is 13.2. The van der Waals surface area contributed by atoms with Crippen LogP contribution in [-0.4, -0.2) is 35.8 Å². The van der Waals surface area contributed by atoms with Gasteiger partial charge in [-0.2, -0.15) is 0 Å². The molecule has 0 aliphatic carbocycles. The number of benzene rings is 1. The van der Waals surface area contributed by atoms with Crippen LogP contribution in [0.15, 0.2) is 42.0 Å². The molecule has 3 heterocycles. The molecule has 0 amide bonds. The maximum absolute atomic E-state index is 5.66. The average molecular weight is 311 g/mol. The van der Waals surface area contributed by atoms with Crippen molar-refractivity contribution in [1.29, 1.82) is 0 Å². The molecule has 1 aromatic carbocycles. The summed E-state index contributed by atoms with van der Waals surface area (Å²) in [6.07, 6.45) is 1.90. The van der Waals surface area contributed by atoms with Crippen molar-refractivity contribution in [3.63, 3.8) is 0 Å². The molecule has 1 saturated heterocycles. The Morgan fingerprint density at radius 2 is 2.09 bits per heavy atom. The van der Waals surface area contributed by atoms with E-state index in [9.17, 15) is 0 Å². The van der Waals surface area contributed by atoms with Crippen LogP contribution in [0.25, 0.3) is 21.3 Å². The average Bonchev–Trinajstić information content (AvgIpc) is 3.00. The number of morpholine rings is 1. The highest BCUT2D eigenvalue weighted by atomic mass is 32.1. The van der Waals surface area contributed by atoms with E-state index in [4.69, 9.17) is 4.74 Å². The van der Waals surface area contributed by atoms with E-state index >= 15 is 0 Å². The lowest BCUT2D eigenvalue weighted by molar-refractivity contribution is 0.0530. The van der Waals surface area contributed by atoms with Crippen molar-refractivity contribution in [3.8, 4) is 11.1 Å². The van der Waals surface area contributed by atoms with Gasteiger partial charge in [0.25, 0.3) is 0 Å². The number of fused-ring (bicyclic) bond motifs is 1. The SMILES string of the molecule is CC1CN(c2ncnc3scc(-c4ccccc4)c23)CCO1. The minimum atomic E-state index is 0.234. The van der Waals surface area contributed by atoms with Crippen molar-refractivity contribution in [1.82, 2.24) is 9.97 Å². The smallest absolute Gasteiger partial charge is 0.141 e. The summed E-state index contributed by atoms with van der Waals surface area (Å²) in [5.41, 5.74) is 2.43. The van der Waals surface area contributed by atoms with Crippen molar-refractivity contribution in [2.24, 2.45) is 0 Å². The Hall–Kier alpha value is -1.98. The first-order valence-corrected chi connectivity index (χ1v) is 8.35. The van der Waals surface area contributed by atoms with Gasteiger partial charge in [-0.1, -0.05) is 30.3 Å². The summed E-state index contributed by atoms with van der Waals surface area (Å²) < 4.78 is 5.66. The van der Waals surface area contributed by atoms with Crippen LogP contribution in [0, 0.1) is 0 Å². The van der Waals surface area contributed by atoms with Crippen LogP contribution in [0.5, 0.6) is 0 Å². The van der Waals surface area contributed by atoms with Crippen LogP contribution >= 0.6 is 11.3 Å². The summed E-state index contributed by atoms with van der Waals surface area (Å²) in [5.74, 6) is 1.03. The predicted molar refractivity (Wildman–Crippen MR) is 90.5 cm³/mol. The Morgan fingerprint density at radius 3 is 2.91 bits per heavy atom. The Morgan fingerprint density at radius 1 is 1.23 bits per heavy atom. The normalized spacial score (nSPS) is 18.8. The predicted octanol–water partition coefficient (Wildman–Crippen LogP) is 3.58. The molecule has 2 aromatic heterocycles. The van der Waals surface area contributed by atoms with E-state index in [0.717, 1.165) is 35.7 Å². The van der Waals surface area contributed by atoms with Gasteiger partial charge in [0, 0.05) is 24.0 Å². The Labute approximate surface area is 133 Å². The van der Waals surface area contributed by atoms with Gasteiger partial charge in [0.1, 0.15) is 17.0 Å². The Bertz CT molecular complexity index is 787. The summed E-state index contributed by atoms with van der Waals surface area (Å²) in [4.78, 5) is 12.4. The van der Waals surface area contributed by atoms with E-state index < -0.39 is 0 Å². The monoisotopic (exact) mass is 311 g/mol. The fourth-order valence-electron chi connectivity index (χ4n) is 2.94. The quantitative estimate of drug-likeness (QED) is 0.725. The first-order chi connectivity index (χ1) is 10.8. The van der Waals surface area contributed by atoms with Gasteiger partial charge < -0.3 is 9.64 Å². The molecule has 112 valence electrons. The van der Waals surface area contributed by atoms with Crippen molar-refractivity contribution in [2.75, 3.05) is 24.6 Å². The Balaban J connectivity index is 1.86. The van der Waals surface area contributed by atoms with Crippen LogP contribution in [0.4, 0.5) is 5.82 Å². The van der Waals surface area contributed by atoms with E-state index in [0.29, 0.717) is 0 Å². The number of rotatable bonds is 2. The molecule has 5 heteroatoms. The minimum Gasteiger partial charge on any atom is -0.375 e. The molecule has 1 fully saturated rings. The lowest BCUT2D eigenvalue weighted by atomic mass is 10.1. The Kier molecular flexibility index (Phi) is 3.52. The summed E-state index contributed by atoms with van der Waals surface area (Å²) >= 11 is 1.68. The second-order valence-electron chi connectivity index (χ2n) is 5.52. The van der Waals surface area contributed by atoms with Gasteiger partial charge >= 0.3 is 0 Å². The van der Waals surface area contributed by atoms with Gasteiger partial charge in [-0.15, -0.1) is 11.3 Å². The van der Waals surface area contributed by atoms with Crippen LogP contribution in [0.2, 0.25) is 0 Å². The molecule has 1 atom stereocenters. The number of ether oxygens (including phenoxy) is 1. The summed E-state index contributed by atoms with van der Waals surface area (Å²) in [6.45, 7) is 4.60. The minimum absolute atomic E-state index is 0.234. The molecule has 0 radical (unpaired) electrons. The highest BCUT2D eigenvalue weighted by molar-refractivity contribution is 7.17. The molecule has 0 saturated carbocycles. The number of anilines is 1. The molecule has 0 bridgehead atoms. The topological polar surface area (TPSA) is 38.2 Å². The van der Waals surface area contributed by atoms with Gasteiger partial charge in [-0.25, -0.2) is 9.97 Å². The van der Waals surface area contributed by atoms with Crippen LogP contribution < -0.4 is 4.90 Å². The van der Waals surface area contributed by atoms with Crippen molar-refractivity contribution >= 4 is 27.4 Å². The number of aromatic nitrogens is 2. The molecule has 22 heavy (non-hydrogen) atoms. The zero-order valence-electron chi connectivity index (χ0n) is 12.4. The van der Waals surface area contributed by atoms with Crippen LogP contribution in [0.3, 0.4) is 0 Å². The largest absolute Gasteiger partial charge is 0.375 e. The molecule has 4 nitrogen and oxygen atoms in total. The fraction of sp³-hybridized carbons (Fsp3) is 0.294. The van der Waals surface area contributed by atoms with E-state index in [1.807, 2.05) is 6.07 Å². The zero-order chi connectivity index (χ0) is 14.9. The van der Waals surface area contributed by atoms with Crippen molar-refractivity contribution in [3.05, 3.63) is 42.0 Å². The van der Waals surface area contributed by atoms with Gasteiger partial charge in [0.05, 0.1) is 18.1 Å². The maximum Gasteiger partial charge on any atom is 0.141 e. The first-order valence-electron chi connectivity index (χ1n) is 7.47. The highest BCUT2D eigenvalue weighted by Gasteiger charge is 2.22. The number of hydrogen-bond donors (Lipinski definition) is 0. The second-order valence-corrected chi connectivity index (χ2v) is 6.38. The standard InChI is InChI=1S/C17H17N3OS/c1-12-9-20(7-8-21-12)16-15-14(13-5-3-2-4-6-13)10-22-17(15)19-11-18-16/h2-6,10-12H,7-9H2,1H3. The van der Waals surface area contributed by atoms with E-state index in [-0.39, 0.29) is 6.10 Å². The van der Waals surface area contributed by atoms with Crippen LogP contribution in [0.1, 0.15) is 6.92 Å². The van der Waals surface area contributed by atoms with Gasteiger partial charge in [0.15, 0.2) is 0 Å². The summed E-state index contributed by atoms with van der Waals surface area (Å²) in [6, 6.07) is 10.5.